The van der Waals surface area contributed by atoms with E-state index in [1.807, 2.05) is 66.7 Å². The Labute approximate surface area is 152 Å². The zero-order valence-electron chi connectivity index (χ0n) is 14.1. The van der Waals surface area contributed by atoms with Crippen molar-refractivity contribution in [3.05, 3.63) is 97.1 Å². The number of hydrogen-bond acceptors (Lipinski definition) is 2. The standard InChI is InChI=1S/C24H18O2/c25-20-13-11-19(12-14-20)23-21(17-7-3-1-4-8-17)15-16-22(26)24(23)18-9-5-2-6-10-18/h1-16,25-26H. The molecule has 0 aliphatic heterocycles. The summed E-state index contributed by atoms with van der Waals surface area (Å²) < 4.78 is 0. The average Bonchev–Trinajstić information content (AvgIpc) is 2.70. The first-order valence-corrected chi connectivity index (χ1v) is 8.50. The molecule has 0 fully saturated rings. The summed E-state index contributed by atoms with van der Waals surface area (Å²) in [5.74, 6) is 0.454. The van der Waals surface area contributed by atoms with Crippen molar-refractivity contribution in [2.24, 2.45) is 0 Å². The van der Waals surface area contributed by atoms with Crippen LogP contribution in [0.1, 0.15) is 0 Å². The Morgan fingerprint density at radius 1 is 0.423 bits per heavy atom. The molecule has 2 nitrogen and oxygen atoms in total. The summed E-state index contributed by atoms with van der Waals surface area (Å²) in [6.45, 7) is 0. The molecule has 126 valence electrons. The van der Waals surface area contributed by atoms with Crippen molar-refractivity contribution < 1.29 is 10.2 Å². The molecule has 0 aliphatic carbocycles. The minimum Gasteiger partial charge on any atom is -0.508 e. The molecule has 0 aliphatic rings. The van der Waals surface area contributed by atoms with E-state index in [1.165, 1.54) is 0 Å². The molecule has 0 saturated carbocycles. The Hall–Kier alpha value is -3.52. The highest BCUT2D eigenvalue weighted by Gasteiger charge is 2.17. The van der Waals surface area contributed by atoms with E-state index >= 15 is 0 Å². The van der Waals surface area contributed by atoms with E-state index in [0.717, 1.165) is 33.4 Å². The van der Waals surface area contributed by atoms with Crippen LogP contribution in [0, 0.1) is 0 Å². The lowest BCUT2D eigenvalue weighted by Gasteiger charge is -2.18. The van der Waals surface area contributed by atoms with Crippen LogP contribution in [-0.2, 0) is 0 Å². The molecule has 4 aromatic carbocycles. The van der Waals surface area contributed by atoms with Gasteiger partial charge in [-0.05, 0) is 40.5 Å². The van der Waals surface area contributed by atoms with Gasteiger partial charge >= 0.3 is 0 Å². The largest absolute Gasteiger partial charge is 0.508 e. The van der Waals surface area contributed by atoms with E-state index in [-0.39, 0.29) is 11.5 Å². The van der Waals surface area contributed by atoms with Crippen LogP contribution < -0.4 is 0 Å². The predicted octanol–water partition coefficient (Wildman–Crippen LogP) is 6.10. The van der Waals surface area contributed by atoms with Crippen molar-refractivity contribution in [3.63, 3.8) is 0 Å². The molecule has 2 N–H and O–H groups in total. The highest BCUT2D eigenvalue weighted by atomic mass is 16.3. The maximum atomic E-state index is 10.7. The second kappa shape index (κ2) is 6.77. The molecular weight excluding hydrogens is 320 g/mol. The number of phenols is 2. The molecule has 0 radical (unpaired) electrons. The molecule has 2 heteroatoms. The molecule has 0 spiro atoms. The molecular formula is C24H18O2. The third-order valence-electron chi connectivity index (χ3n) is 4.49. The van der Waals surface area contributed by atoms with E-state index in [2.05, 4.69) is 12.1 Å². The smallest absolute Gasteiger partial charge is 0.124 e. The van der Waals surface area contributed by atoms with Gasteiger partial charge in [0.25, 0.3) is 0 Å². The van der Waals surface area contributed by atoms with Crippen LogP contribution in [0.25, 0.3) is 33.4 Å². The molecule has 0 atom stereocenters. The number of phenolic OH excluding ortho intramolecular Hbond substituents is 2. The minimum atomic E-state index is 0.219. The SMILES string of the molecule is Oc1ccc(-c2c(-c3ccccc3)ccc(O)c2-c2ccccc2)cc1. The van der Waals surface area contributed by atoms with Crippen LogP contribution in [-0.4, -0.2) is 10.2 Å². The summed E-state index contributed by atoms with van der Waals surface area (Å²) >= 11 is 0. The lowest BCUT2D eigenvalue weighted by molar-refractivity contribution is 0.475. The van der Waals surface area contributed by atoms with Gasteiger partial charge in [-0.3, -0.25) is 0 Å². The Morgan fingerprint density at radius 3 is 1.58 bits per heavy atom. The summed E-state index contributed by atoms with van der Waals surface area (Å²) in [5.41, 5.74) is 5.74. The third kappa shape index (κ3) is 2.93. The van der Waals surface area contributed by atoms with Gasteiger partial charge in [-0.2, -0.15) is 0 Å². The number of aromatic hydroxyl groups is 2. The van der Waals surface area contributed by atoms with Gasteiger partial charge in [-0.15, -0.1) is 0 Å². The van der Waals surface area contributed by atoms with Crippen molar-refractivity contribution in [3.8, 4) is 44.9 Å². The van der Waals surface area contributed by atoms with Crippen LogP contribution in [0.5, 0.6) is 11.5 Å². The van der Waals surface area contributed by atoms with Crippen LogP contribution in [0.4, 0.5) is 0 Å². The van der Waals surface area contributed by atoms with Gasteiger partial charge in [0.05, 0.1) is 0 Å². The van der Waals surface area contributed by atoms with E-state index < -0.39 is 0 Å². The molecule has 26 heavy (non-hydrogen) atoms. The zero-order chi connectivity index (χ0) is 17.9. The first-order valence-electron chi connectivity index (χ1n) is 8.50. The highest BCUT2D eigenvalue weighted by Crippen LogP contribution is 2.44. The van der Waals surface area contributed by atoms with Crippen LogP contribution in [0.2, 0.25) is 0 Å². The van der Waals surface area contributed by atoms with Crippen LogP contribution in [0.3, 0.4) is 0 Å². The Balaban J connectivity index is 2.06. The van der Waals surface area contributed by atoms with E-state index in [0.29, 0.717) is 0 Å². The first-order chi connectivity index (χ1) is 12.7. The summed E-state index contributed by atoms with van der Waals surface area (Å²) in [5, 5.41) is 20.4. The molecule has 0 unspecified atom stereocenters. The van der Waals surface area contributed by atoms with Gasteiger partial charge < -0.3 is 10.2 Å². The summed E-state index contributed by atoms with van der Waals surface area (Å²) in [7, 11) is 0. The van der Waals surface area contributed by atoms with E-state index in [9.17, 15) is 10.2 Å². The van der Waals surface area contributed by atoms with Crippen LogP contribution >= 0.6 is 0 Å². The van der Waals surface area contributed by atoms with E-state index in [1.54, 1.807) is 18.2 Å². The number of hydrogen-bond donors (Lipinski definition) is 2. The summed E-state index contributed by atoms with van der Waals surface area (Å²) in [4.78, 5) is 0. The maximum absolute atomic E-state index is 10.7. The second-order valence-corrected chi connectivity index (χ2v) is 6.16. The lowest BCUT2D eigenvalue weighted by atomic mass is 9.87. The van der Waals surface area contributed by atoms with E-state index in [4.69, 9.17) is 0 Å². The zero-order valence-corrected chi connectivity index (χ0v) is 14.1. The fourth-order valence-corrected chi connectivity index (χ4v) is 3.27. The highest BCUT2D eigenvalue weighted by molar-refractivity contribution is 5.97. The van der Waals surface area contributed by atoms with Gasteiger partial charge in [-0.25, -0.2) is 0 Å². The fraction of sp³-hybridized carbons (Fsp3) is 0. The lowest BCUT2D eigenvalue weighted by Crippen LogP contribution is -1.91. The fourth-order valence-electron chi connectivity index (χ4n) is 3.27. The molecule has 4 aromatic rings. The molecule has 0 aromatic heterocycles. The first kappa shape index (κ1) is 16.0. The molecule has 0 amide bonds. The molecule has 0 saturated heterocycles. The second-order valence-electron chi connectivity index (χ2n) is 6.16. The average molecular weight is 338 g/mol. The topological polar surface area (TPSA) is 40.5 Å². The Bertz CT molecular complexity index is 1020. The van der Waals surface area contributed by atoms with Crippen molar-refractivity contribution >= 4 is 0 Å². The Morgan fingerprint density at radius 2 is 0.962 bits per heavy atom. The predicted molar refractivity (Wildman–Crippen MR) is 106 cm³/mol. The van der Waals surface area contributed by atoms with Crippen molar-refractivity contribution in [2.75, 3.05) is 0 Å². The summed E-state index contributed by atoms with van der Waals surface area (Å²) in [6, 6.07) is 30.8. The number of rotatable bonds is 3. The van der Waals surface area contributed by atoms with Crippen molar-refractivity contribution in [2.45, 2.75) is 0 Å². The van der Waals surface area contributed by atoms with Crippen LogP contribution in [0.15, 0.2) is 97.1 Å². The normalized spacial score (nSPS) is 10.6. The minimum absolute atomic E-state index is 0.219. The van der Waals surface area contributed by atoms with Gasteiger partial charge in [0.2, 0.25) is 0 Å². The quantitative estimate of drug-likeness (QED) is 0.474. The van der Waals surface area contributed by atoms with Gasteiger partial charge in [-0.1, -0.05) is 78.9 Å². The molecule has 4 rings (SSSR count). The van der Waals surface area contributed by atoms with Gasteiger partial charge in [0, 0.05) is 11.1 Å². The summed E-state index contributed by atoms with van der Waals surface area (Å²) in [6.07, 6.45) is 0. The van der Waals surface area contributed by atoms with Gasteiger partial charge in [0.15, 0.2) is 0 Å². The van der Waals surface area contributed by atoms with Crippen molar-refractivity contribution in [1.82, 2.24) is 0 Å². The van der Waals surface area contributed by atoms with Gasteiger partial charge in [0.1, 0.15) is 11.5 Å². The third-order valence-corrected chi connectivity index (χ3v) is 4.49. The molecule has 0 bridgehead atoms. The molecule has 0 heterocycles. The monoisotopic (exact) mass is 338 g/mol. The number of benzene rings is 4. The maximum Gasteiger partial charge on any atom is 0.124 e. The van der Waals surface area contributed by atoms with Crippen molar-refractivity contribution in [1.29, 1.82) is 0 Å². The Kier molecular flexibility index (Phi) is 4.16.